The van der Waals surface area contributed by atoms with E-state index in [1.165, 1.54) is 0 Å². The second kappa shape index (κ2) is 8.20. The van der Waals surface area contributed by atoms with Gasteiger partial charge in [-0.1, -0.05) is 59.2 Å². The van der Waals surface area contributed by atoms with Crippen molar-refractivity contribution in [3.63, 3.8) is 0 Å². The van der Waals surface area contributed by atoms with Gasteiger partial charge in [-0.2, -0.15) is 0 Å². The van der Waals surface area contributed by atoms with Gasteiger partial charge in [0.25, 0.3) is 0 Å². The van der Waals surface area contributed by atoms with Crippen LogP contribution in [-0.2, 0) is 22.6 Å². The predicted molar refractivity (Wildman–Crippen MR) is 85.2 cm³/mol. The van der Waals surface area contributed by atoms with E-state index in [1.54, 1.807) is 6.07 Å². The van der Waals surface area contributed by atoms with Crippen LogP contribution < -0.4 is 0 Å². The fraction of sp³-hybridized carbons (Fsp3) is 0.176. The normalized spacial score (nSPS) is 11.2. The number of oxime groups is 1. The molecule has 22 heavy (non-hydrogen) atoms. The third-order valence-corrected chi connectivity index (χ3v) is 3.34. The number of nitrogens with zero attached hydrogens (tertiary/aromatic N) is 1. The first kappa shape index (κ1) is 16.0. The minimum Gasteiger partial charge on any atom is -0.456 e. The van der Waals surface area contributed by atoms with Crippen LogP contribution in [0.25, 0.3) is 0 Å². The SMILES string of the molecule is O=C(OCc1ccccc1)/C(CCc1cccc(Cl)c1)=N/O. The molecule has 0 aromatic heterocycles. The second-order valence-corrected chi connectivity index (χ2v) is 5.17. The van der Waals surface area contributed by atoms with E-state index >= 15 is 0 Å². The number of benzene rings is 2. The van der Waals surface area contributed by atoms with Crippen LogP contribution in [0.4, 0.5) is 0 Å². The maximum atomic E-state index is 11.9. The predicted octanol–water partition coefficient (Wildman–Crippen LogP) is 3.85. The van der Waals surface area contributed by atoms with Crippen molar-refractivity contribution in [2.24, 2.45) is 5.16 Å². The van der Waals surface area contributed by atoms with E-state index < -0.39 is 5.97 Å². The fourth-order valence-electron chi connectivity index (χ4n) is 1.95. The van der Waals surface area contributed by atoms with Crippen LogP contribution >= 0.6 is 11.6 Å². The van der Waals surface area contributed by atoms with Crippen LogP contribution in [0.5, 0.6) is 0 Å². The molecule has 0 atom stereocenters. The third-order valence-electron chi connectivity index (χ3n) is 3.11. The fourth-order valence-corrected chi connectivity index (χ4v) is 2.17. The zero-order chi connectivity index (χ0) is 15.8. The van der Waals surface area contributed by atoms with Crippen molar-refractivity contribution in [2.75, 3.05) is 0 Å². The molecule has 114 valence electrons. The highest BCUT2D eigenvalue weighted by Crippen LogP contribution is 2.13. The molecule has 0 amide bonds. The maximum Gasteiger partial charge on any atom is 0.356 e. The quantitative estimate of drug-likeness (QED) is 0.381. The van der Waals surface area contributed by atoms with Crippen molar-refractivity contribution in [1.29, 1.82) is 0 Å². The topological polar surface area (TPSA) is 58.9 Å². The molecule has 0 aliphatic rings. The molecule has 2 aromatic carbocycles. The van der Waals surface area contributed by atoms with Crippen molar-refractivity contribution < 1.29 is 14.7 Å². The molecule has 4 nitrogen and oxygen atoms in total. The molecular formula is C17H16ClNO3. The van der Waals surface area contributed by atoms with Gasteiger partial charge in [0.05, 0.1) is 0 Å². The summed E-state index contributed by atoms with van der Waals surface area (Å²) in [6.07, 6.45) is 0.824. The zero-order valence-corrected chi connectivity index (χ0v) is 12.7. The highest BCUT2D eigenvalue weighted by molar-refractivity contribution is 6.36. The molecule has 0 fully saturated rings. The van der Waals surface area contributed by atoms with Crippen LogP contribution in [0.2, 0.25) is 5.02 Å². The molecule has 0 unspecified atom stereocenters. The maximum absolute atomic E-state index is 11.9. The lowest BCUT2D eigenvalue weighted by Gasteiger charge is -2.06. The summed E-state index contributed by atoms with van der Waals surface area (Å²) < 4.78 is 5.14. The van der Waals surface area contributed by atoms with Gasteiger partial charge in [-0.15, -0.1) is 0 Å². The smallest absolute Gasteiger partial charge is 0.356 e. The summed E-state index contributed by atoms with van der Waals surface area (Å²) in [5.74, 6) is -0.617. The van der Waals surface area contributed by atoms with Crippen LogP contribution in [0, 0.1) is 0 Å². The number of hydrogen-bond acceptors (Lipinski definition) is 4. The van der Waals surface area contributed by atoms with Crippen molar-refractivity contribution in [1.82, 2.24) is 0 Å². The van der Waals surface area contributed by atoms with Gasteiger partial charge >= 0.3 is 5.97 Å². The number of aryl methyl sites for hydroxylation is 1. The summed E-state index contributed by atoms with van der Waals surface area (Å²) in [5, 5.41) is 12.7. The van der Waals surface area contributed by atoms with Crippen LogP contribution in [0.15, 0.2) is 59.8 Å². The van der Waals surface area contributed by atoms with Crippen LogP contribution in [0.1, 0.15) is 17.5 Å². The Morgan fingerprint density at radius 3 is 2.50 bits per heavy atom. The molecule has 2 rings (SSSR count). The first-order valence-electron chi connectivity index (χ1n) is 6.85. The Balaban J connectivity index is 1.87. The number of halogens is 1. The van der Waals surface area contributed by atoms with Gasteiger partial charge in [0.2, 0.25) is 0 Å². The molecule has 0 saturated heterocycles. The van der Waals surface area contributed by atoms with Crippen LogP contribution in [-0.4, -0.2) is 16.9 Å². The number of hydrogen-bond donors (Lipinski definition) is 1. The Labute approximate surface area is 134 Å². The second-order valence-electron chi connectivity index (χ2n) is 4.74. The number of rotatable bonds is 6. The van der Waals surface area contributed by atoms with E-state index in [4.69, 9.17) is 21.5 Å². The summed E-state index contributed by atoms with van der Waals surface area (Å²) in [5.41, 5.74) is 1.84. The minimum absolute atomic E-state index is 0.00379. The van der Waals surface area contributed by atoms with E-state index in [9.17, 15) is 4.79 Å². The lowest BCUT2D eigenvalue weighted by Crippen LogP contribution is -2.18. The molecular weight excluding hydrogens is 302 g/mol. The van der Waals surface area contributed by atoms with Gasteiger partial charge in [0.15, 0.2) is 5.71 Å². The molecule has 5 heteroatoms. The lowest BCUT2D eigenvalue weighted by molar-refractivity contribution is -0.137. The summed E-state index contributed by atoms with van der Waals surface area (Å²) in [7, 11) is 0. The Hall–Kier alpha value is -2.33. The van der Waals surface area contributed by atoms with E-state index in [0.29, 0.717) is 11.4 Å². The number of ether oxygens (including phenoxy) is 1. The molecule has 0 radical (unpaired) electrons. The Kier molecular flexibility index (Phi) is 5.98. The third kappa shape index (κ3) is 4.90. The van der Waals surface area contributed by atoms with Crippen molar-refractivity contribution in [2.45, 2.75) is 19.4 Å². The highest BCUT2D eigenvalue weighted by Gasteiger charge is 2.14. The largest absolute Gasteiger partial charge is 0.456 e. The Morgan fingerprint density at radius 2 is 1.82 bits per heavy atom. The molecule has 0 heterocycles. The monoisotopic (exact) mass is 317 g/mol. The van der Waals surface area contributed by atoms with E-state index in [0.717, 1.165) is 11.1 Å². The van der Waals surface area contributed by atoms with Gasteiger partial charge in [0, 0.05) is 11.4 Å². The number of carbonyl (C=O) groups is 1. The molecule has 0 spiro atoms. The minimum atomic E-state index is -0.617. The van der Waals surface area contributed by atoms with Crippen molar-refractivity contribution in [3.05, 3.63) is 70.7 Å². The van der Waals surface area contributed by atoms with Gasteiger partial charge < -0.3 is 9.94 Å². The first-order chi connectivity index (χ1) is 10.7. The Bertz CT molecular complexity index is 656. The van der Waals surface area contributed by atoms with E-state index in [2.05, 4.69) is 5.16 Å². The number of esters is 1. The molecule has 0 saturated carbocycles. The average Bonchev–Trinajstić information content (AvgIpc) is 2.54. The standard InChI is InChI=1S/C17H16ClNO3/c18-15-8-4-7-13(11-15)9-10-16(19-21)17(20)22-12-14-5-2-1-3-6-14/h1-8,11,21H,9-10,12H2/b19-16+. The molecule has 2 aromatic rings. The Morgan fingerprint density at radius 1 is 1.09 bits per heavy atom. The van der Waals surface area contributed by atoms with E-state index in [1.807, 2.05) is 48.5 Å². The molecule has 0 aliphatic heterocycles. The lowest BCUT2D eigenvalue weighted by atomic mass is 10.1. The molecule has 1 N–H and O–H groups in total. The van der Waals surface area contributed by atoms with Gasteiger partial charge in [-0.25, -0.2) is 4.79 Å². The number of carbonyl (C=O) groups excluding carboxylic acids is 1. The van der Waals surface area contributed by atoms with Gasteiger partial charge in [-0.3, -0.25) is 0 Å². The highest BCUT2D eigenvalue weighted by atomic mass is 35.5. The molecule has 0 bridgehead atoms. The van der Waals surface area contributed by atoms with Gasteiger partial charge in [0.1, 0.15) is 6.61 Å². The van der Waals surface area contributed by atoms with Crippen LogP contribution in [0.3, 0.4) is 0 Å². The van der Waals surface area contributed by atoms with Crippen molar-refractivity contribution >= 4 is 23.3 Å². The molecule has 0 aliphatic carbocycles. The summed E-state index contributed by atoms with van der Waals surface area (Å²) in [6.45, 7) is 0.149. The average molecular weight is 318 g/mol. The van der Waals surface area contributed by atoms with Gasteiger partial charge in [-0.05, 0) is 29.7 Å². The summed E-state index contributed by atoms with van der Waals surface area (Å²) in [4.78, 5) is 11.9. The van der Waals surface area contributed by atoms with Crippen molar-refractivity contribution in [3.8, 4) is 0 Å². The summed E-state index contributed by atoms with van der Waals surface area (Å²) in [6, 6.07) is 16.6. The van der Waals surface area contributed by atoms with E-state index in [-0.39, 0.29) is 18.7 Å². The zero-order valence-electron chi connectivity index (χ0n) is 11.9. The summed E-state index contributed by atoms with van der Waals surface area (Å²) >= 11 is 5.90. The first-order valence-corrected chi connectivity index (χ1v) is 7.23.